The molecule has 0 aliphatic carbocycles. The molecule has 0 fully saturated rings. The first-order valence-electron chi connectivity index (χ1n) is 5.37. The van der Waals surface area contributed by atoms with Gasteiger partial charge in [0.1, 0.15) is 12.4 Å². The molecule has 0 saturated carbocycles. The topological polar surface area (TPSA) is 35.2 Å². The Morgan fingerprint density at radius 1 is 0.941 bits per heavy atom. The van der Waals surface area contributed by atoms with Gasteiger partial charge in [0.25, 0.3) is 0 Å². The number of hydrogen-bond donors (Lipinski definition) is 1. The molecule has 0 aromatic heterocycles. The molecule has 0 atom stereocenters. The molecule has 2 aromatic rings. The van der Waals surface area contributed by atoms with Crippen LogP contribution >= 0.6 is 0 Å². The Bertz CT molecular complexity index is 538. The molecular formula is C15H13NO. The molecular weight excluding hydrogens is 210 g/mol. The number of anilines is 1. The molecule has 0 spiro atoms. The van der Waals surface area contributed by atoms with Crippen LogP contribution < -0.4 is 10.5 Å². The van der Waals surface area contributed by atoms with E-state index in [9.17, 15) is 0 Å². The average molecular weight is 223 g/mol. The third kappa shape index (κ3) is 3.29. The summed E-state index contributed by atoms with van der Waals surface area (Å²) in [5.41, 5.74) is 7.30. The Morgan fingerprint density at radius 3 is 2.41 bits per heavy atom. The van der Waals surface area contributed by atoms with E-state index in [2.05, 4.69) is 11.8 Å². The van der Waals surface area contributed by atoms with Crippen molar-refractivity contribution in [3.05, 3.63) is 60.2 Å². The fourth-order valence-electron chi connectivity index (χ4n) is 1.38. The van der Waals surface area contributed by atoms with E-state index < -0.39 is 0 Å². The van der Waals surface area contributed by atoms with Crippen LogP contribution in [0.5, 0.6) is 5.75 Å². The van der Waals surface area contributed by atoms with Gasteiger partial charge in [-0.3, -0.25) is 0 Å². The molecule has 2 heteroatoms. The number of para-hydroxylation sites is 2. The summed E-state index contributed by atoms with van der Waals surface area (Å²) in [5.74, 6) is 6.74. The number of rotatable bonds is 2. The Balaban J connectivity index is 1.94. The van der Waals surface area contributed by atoms with Crippen molar-refractivity contribution in [2.75, 3.05) is 12.3 Å². The highest BCUT2D eigenvalue weighted by Gasteiger charge is 1.91. The van der Waals surface area contributed by atoms with E-state index in [1.165, 1.54) is 0 Å². The predicted octanol–water partition coefficient (Wildman–Crippen LogP) is 2.70. The van der Waals surface area contributed by atoms with E-state index >= 15 is 0 Å². The standard InChI is InChI=1S/C15H13NO/c16-15-11-5-4-7-13(15)8-6-12-17-14-9-2-1-3-10-14/h1-5,7,9-11H,12,16H2. The molecule has 0 aliphatic rings. The lowest BCUT2D eigenvalue weighted by molar-refractivity contribution is 0.370. The summed E-state index contributed by atoms with van der Waals surface area (Å²) in [6, 6.07) is 17.1. The Kier molecular flexibility index (Phi) is 3.67. The molecule has 0 radical (unpaired) electrons. The van der Waals surface area contributed by atoms with Crippen molar-refractivity contribution >= 4 is 5.69 Å². The lowest BCUT2D eigenvalue weighted by Gasteiger charge is -2.00. The van der Waals surface area contributed by atoms with Gasteiger partial charge in [0, 0.05) is 11.3 Å². The summed E-state index contributed by atoms with van der Waals surface area (Å²) >= 11 is 0. The van der Waals surface area contributed by atoms with E-state index in [-0.39, 0.29) is 0 Å². The smallest absolute Gasteiger partial charge is 0.149 e. The molecule has 17 heavy (non-hydrogen) atoms. The van der Waals surface area contributed by atoms with Crippen molar-refractivity contribution in [2.45, 2.75) is 0 Å². The van der Waals surface area contributed by atoms with Crippen molar-refractivity contribution in [1.29, 1.82) is 0 Å². The molecule has 0 bridgehead atoms. The summed E-state index contributed by atoms with van der Waals surface area (Å²) in [6.45, 7) is 0.359. The molecule has 0 amide bonds. The molecule has 0 aliphatic heterocycles. The van der Waals surface area contributed by atoms with E-state index in [0.29, 0.717) is 12.3 Å². The van der Waals surface area contributed by atoms with Crippen molar-refractivity contribution in [2.24, 2.45) is 0 Å². The van der Waals surface area contributed by atoms with Gasteiger partial charge in [-0.25, -0.2) is 0 Å². The number of nitrogen functional groups attached to an aromatic ring is 1. The van der Waals surface area contributed by atoms with Crippen LogP contribution in [0.15, 0.2) is 54.6 Å². The summed E-state index contributed by atoms with van der Waals surface area (Å²) < 4.78 is 5.45. The van der Waals surface area contributed by atoms with E-state index in [1.807, 2.05) is 54.6 Å². The number of hydrogen-bond acceptors (Lipinski definition) is 2. The minimum Gasteiger partial charge on any atom is -0.481 e. The summed E-state index contributed by atoms with van der Waals surface area (Å²) in [5, 5.41) is 0. The van der Waals surface area contributed by atoms with Crippen LogP contribution in [-0.4, -0.2) is 6.61 Å². The molecule has 2 aromatic carbocycles. The van der Waals surface area contributed by atoms with Crippen molar-refractivity contribution < 1.29 is 4.74 Å². The largest absolute Gasteiger partial charge is 0.481 e. The maximum atomic E-state index is 5.77. The van der Waals surface area contributed by atoms with Crippen LogP contribution in [0, 0.1) is 11.8 Å². The second kappa shape index (κ2) is 5.62. The molecule has 0 saturated heterocycles. The zero-order chi connectivity index (χ0) is 11.9. The maximum Gasteiger partial charge on any atom is 0.149 e. The second-order valence-electron chi connectivity index (χ2n) is 3.49. The van der Waals surface area contributed by atoms with Crippen LogP contribution in [0.3, 0.4) is 0 Å². The number of ether oxygens (including phenoxy) is 1. The van der Waals surface area contributed by atoms with Crippen molar-refractivity contribution in [3.8, 4) is 17.6 Å². The molecule has 0 unspecified atom stereocenters. The average Bonchev–Trinajstić information content (AvgIpc) is 2.38. The second-order valence-corrected chi connectivity index (χ2v) is 3.49. The first-order valence-corrected chi connectivity index (χ1v) is 5.37. The zero-order valence-corrected chi connectivity index (χ0v) is 9.39. The fourth-order valence-corrected chi connectivity index (χ4v) is 1.38. The predicted molar refractivity (Wildman–Crippen MR) is 69.7 cm³/mol. The van der Waals surface area contributed by atoms with E-state index in [1.54, 1.807) is 0 Å². The monoisotopic (exact) mass is 223 g/mol. The van der Waals surface area contributed by atoms with Crippen LogP contribution in [0.2, 0.25) is 0 Å². The Hall–Kier alpha value is -2.40. The molecule has 2 N–H and O–H groups in total. The van der Waals surface area contributed by atoms with Gasteiger partial charge in [-0.05, 0) is 24.3 Å². The van der Waals surface area contributed by atoms with Gasteiger partial charge in [0.05, 0.1) is 0 Å². The summed E-state index contributed by atoms with van der Waals surface area (Å²) in [4.78, 5) is 0. The van der Waals surface area contributed by atoms with Gasteiger partial charge >= 0.3 is 0 Å². The number of benzene rings is 2. The van der Waals surface area contributed by atoms with Gasteiger partial charge in [0.15, 0.2) is 0 Å². The van der Waals surface area contributed by atoms with Crippen LogP contribution in [0.4, 0.5) is 5.69 Å². The normalized spacial score (nSPS) is 9.18. The van der Waals surface area contributed by atoms with Gasteiger partial charge in [-0.15, -0.1) is 0 Å². The third-order valence-electron chi connectivity index (χ3n) is 2.24. The molecule has 2 rings (SSSR count). The fraction of sp³-hybridized carbons (Fsp3) is 0.0667. The SMILES string of the molecule is Nc1ccccc1C#CCOc1ccccc1. The van der Waals surface area contributed by atoms with Gasteiger partial charge in [0.2, 0.25) is 0 Å². The van der Waals surface area contributed by atoms with Crippen LogP contribution in [-0.2, 0) is 0 Å². The van der Waals surface area contributed by atoms with Crippen LogP contribution in [0.25, 0.3) is 0 Å². The lowest BCUT2D eigenvalue weighted by Crippen LogP contribution is -1.94. The highest BCUT2D eigenvalue weighted by molar-refractivity contribution is 5.55. The van der Waals surface area contributed by atoms with Crippen LogP contribution in [0.1, 0.15) is 5.56 Å². The quantitative estimate of drug-likeness (QED) is 0.627. The van der Waals surface area contributed by atoms with Gasteiger partial charge in [-0.2, -0.15) is 0 Å². The number of nitrogens with two attached hydrogens (primary N) is 1. The highest BCUT2D eigenvalue weighted by atomic mass is 16.5. The molecule has 84 valence electrons. The van der Waals surface area contributed by atoms with Crippen molar-refractivity contribution in [1.82, 2.24) is 0 Å². The lowest BCUT2D eigenvalue weighted by atomic mass is 10.2. The third-order valence-corrected chi connectivity index (χ3v) is 2.24. The summed E-state index contributed by atoms with van der Waals surface area (Å²) in [6.07, 6.45) is 0. The first-order chi connectivity index (χ1) is 8.36. The van der Waals surface area contributed by atoms with Gasteiger partial charge in [-0.1, -0.05) is 42.2 Å². The molecule has 0 heterocycles. The highest BCUT2D eigenvalue weighted by Crippen LogP contribution is 2.09. The summed E-state index contributed by atoms with van der Waals surface area (Å²) in [7, 11) is 0. The van der Waals surface area contributed by atoms with E-state index in [0.717, 1.165) is 11.3 Å². The maximum absolute atomic E-state index is 5.77. The molecule has 2 nitrogen and oxygen atoms in total. The van der Waals surface area contributed by atoms with Crippen molar-refractivity contribution in [3.63, 3.8) is 0 Å². The Morgan fingerprint density at radius 2 is 1.65 bits per heavy atom. The minimum atomic E-state index is 0.359. The Labute approximate surface area is 101 Å². The first kappa shape index (κ1) is 11.1. The minimum absolute atomic E-state index is 0.359. The van der Waals surface area contributed by atoms with E-state index in [4.69, 9.17) is 10.5 Å². The van der Waals surface area contributed by atoms with Gasteiger partial charge < -0.3 is 10.5 Å². The zero-order valence-electron chi connectivity index (χ0n) is 9.39.